The van der Waals surface area contributed by atoms with Crippen LogP contribution in [0.15, 0.2) is 24.3 Å². The third-order valence-corrected chi connectivity index (χ3v) is 2.79. The summed E-state index contributed by atoms with van der Waals surface area (Å²) < 4.78 is 5.49. The smallest absolute Gasteiger partial charge is 0.137 e. The zero-order valence-electron chi connectivity index (χ0n) is 10.9. The second-order valence-electron chi connectivity index (χ2n) is 4.16. The predicted molar refractivity (Wildman–Crippen MR) is 72.7 cm³/mol. The van der Waals surface area contributed by atoms with Crippen LogP contribution in [0.3, 0.4) is 0 Å². The Balaban J connectivity index is 2.30. The number of rotatable bonds is 5. The lowest BCUT2D eigenvalue weighted by Gasteiger charge is -2.04. The van der Waals surface area contributed by atoms with E-state index in [1.807, 2.05) is 38.1 Å². The Labute approximate surface area is 107 Å². The highest BCUT2D eigenvalue weighted by atomic mass is 16.5. The van der Waals surface area contributed by atoms with E-state index in [4.69, 9.17) is 10.5 Å². The Morgan fingerprint density at radius 2 is 2.22 bits per heavy atom. The summed E-state index contributed by atoms with van der Waals surface area (Å²) in [6, 6.07) is 7.94. The largest absolute Gasteiger partial charge is 0.494 e. The van der Waals surface area contributed by atoms with Gasteiger partial charge >= 0.3 is 0 Å². The van der Waals surface area contributed by atoms with E-state index in [2.05, 4.69) is 9.97 Å². The molecule has 18 heavy (non-hydrogen) atoms. The Hall–Kier alpha value is -1.81. The maximum Gasteiger partial charge on any atom is 0.137 e. The number of H-pyrrole nitrogens is 1. The van der Waals surface area contributed by atoms with Crippen molar-refractivity contribution in [2.24, 2.45) is 5.73 Å². The fourth-order valence-electron chi connectivity index (χ4n) is 1.91. The van der Waals surface area contributed by atoms with Crippen LogP contribution in [-0.4, -0.2) is 23.1 Å². The average Bonchev–Trinajstić information content (AvgIpc) is 2.73. The average molecular weight is 245 g/mol. The second kappa shape index (κ2) is 5.69. The molecule has 1 aromatic carbocycles. The molecule has 2 rings (SSSR count). The molecule has 96 valence electrons. The molecule has 0 aliphatic carbocycles. The lowest BCUT2D eigenvalue weighted by molar-refractivity contribution is 0.340. The van der Waals surface area contributed by atoms with Crippen molar-refractivity contribution in [2.45, 2.75) is 20.3 Å². The van der Waals surface area contributed by atoms with Gasteiger partial charge in [0.05, 0.1) is 12.3 Å². The van der Waals surface area contributed by atoms with Gasteiger partial charge in [0.1, 0.15) is 11.6 Å². The Morgan fingerprint density at radius 1 is 1.39 bits per heavy atom. The van der Waals surface area contributed by atoms with Crippen molar-refractivity contribution in [3.05, 3.63) is 35.7 Å². The van der Waals surface area contributed by atoms with Gasteiger partial charge in [-0.1, -0.05) is 12.1 Å². The number of nitrogens with two attached hydrogens (primary N) is 1. The van der Waals surface area contributed by atoms with Crippen LogP contribution in [0.5, 0.6) is 5.75 Å². The number of aryl methyl sites for hydroxylation is 1. The maximum absolute atomic E-state index is 5.57. The van der Waals surface area contributed by atoms with E-state index in [9.17, 15) is 0 Å². The molecule has 1 heterocycles. The molecule has 0 fully saturated rings. The zero-order chi connectivity index (χ0) is 13.0. The summed E-state index contributed by atoms with van der Waals surface area (Å²) in [5.41, 5.74) is 8.72. The number of aromatic nitrogens is 2. The first-order valence-electron chi connectivity index (χ1n) is 6.23. The van der Waals surface area contributed by atoms with Gasteiger partial charge in [-0.25, -0.2) is 4.98 Å². The van der Waals surface area contributed by atoms with Crippen LogP contribution in [0.1, 0.15) is 18.3 Å². The van der Waals surface area contributed by atoms with Gasteiger partial charge in [-0.15, -0.1) is 0 Å². The zero-order valence-corrected chi connectivity index (χ0v) is 10.9. The molecule has 4 heteroatoms. The molecule has 0 saturated heterocycles. The van der Waals surface area contributed by atoms with Crippen molar-refractivity contribution in [1.29, 1.82) is 0 Å². The molecule has 4 nitrogen and oxygen atoms in total. The van der Waals surface area contributed by atoms with Crippen molar-refractivity contribution >= 4 is 0 Å². The minimum Gasteiger partial charge on any atom is -0.494 e. The Kier molecular flexibility index (Phi) is 3.99. The van der Waals surface area contributed by atoms with Crippen molar-refractivity contribution in [3.63, 3.8) is 0 Å². The molecule has 0 radical (unpaired) electrons. The number of benzene rings is 1. The van der Waals surface area contributed by atoms with Crippen LogP contribution in [0.2, 0.25) is 0 Å². The Morgan fingerprint density at radius 3 is 2.94 bits per heavy atom. The first-order chi connectivity index (χ1) is 8.74. The number of nitrogens with zero attached hydrogens (tertiary/aromatic N) is 1. The van der Waals surface area contributed by atoms with Crippen LogP contribution in [0.4, 0.5) is 0 Å². The number of hydrogen-bond donors (Lipinski definition) is 2. The summed E-state index contributed by atoms with van der Waals surface area (Å²) in [4.78, 5) is 7.87. The maximum atomic E-state index is 5.57. The van der Waals surface area contributed by atoms with Crippen LogP contribution in [0.25, 0.3) is 11.4 Å². The molecule has 0 aliphatic rings. The molecule has 0 bridgehead atoms. The molecule has 0 spiro atoms. The van der Waals surface area contributed by atoms with Crippen molar-refractivity contribution in [3.8, 4) is 17.1 Å². The summed E-state index contributed by atoms with van der Waals surface area (Å²) in [5, 5.41) is 0. The molecular weight excluding hydrogens is 226 g/mol. The third kappa shape index (κ3) is 2.71. The van der Waals surface area contributed by atoms with Crippen LogP contribution in [-0.2, 0) is 6.42 Å². The molecule has 0 amide bonds. The number of nitrogens with one attached hydrogen (secondary N) is 1. The van der Waals surface area contributed by atoms with E-state index >= 15 is 0 Å². The third-order valence-electron chi connectivity index (χ3n) is 2.79. The van der Waals surface area contributed by atoms with Crippen molar-refractivity contribution < 1.29 is 4.74 Å². The van der Waals surface area contributed by atoms with Gasteiger partial charge in [0.25, 0.3) is 0 Å². The minimum atomic E-state index is 0.615. The summed E-state index contributed by atoms with van der Waals surface area (Å²) in [5.74, 6) is 1.74. The Bertz CT molecular complexity index is 520. The molecule has 1 aromatic heterocycles. The van der Waals surface area contributed by atoms with Gasteiger partial charge in [-0.05, 0) is 32.5 Å². The van der Waals surface area contributed by atoms with E-state index < -0.39 is 0 Å². The molecular formula is C14H19N3O. The van der Waals surface area contributed by atoms with Gasteiger partial charge in [-0.2, -0.15) is 0 Å². The second-order valence-corrected chi connectivity index (χ2v) is 4.16. The quantitative estimate of drug-likeness (QED) is 0.849. The van der Waals surface area contributed by atoms with E-state index in [1.165, 1.54) is 0 Å². The van der Waals surface area contributed by atoms with Gasteiger partial charge < -0.3 is 15.5 Å². The van der Waals surface area contributed by atoms with Crippen molar-refractivity contribution in [1.82, 2.24) is 9.97 Å². The fourth-order valence-corrected chi connectivity index (χ4v) is 1.91. The molecule has 3 N–H and O–H groups in total. The normalized spacial score (nSPS) is 10.6. The molecule has 0 atom stereocenters. The van der Waals surface area contributed by atoms with Crippen molar-refractivity contribution in [2.75, 3.05) is 13.2 Å². The molecule has 0 aliphatic heterocycles. The highest BCUT2D eigenvalue weighted by Gasteiger charge is 2.08. The van der Waals surface area contributed by atoms with Gasteiger partial charge in [0, 0.05) is 17.7 Å². The van der Waals surface area contributed by atoms with E-state index in [0.29, 0.717) is 13.2 Å². The predicted octanol–water partition coefficient (Wildman–Crippen LogP) is 2.29. The highest BCUT2D eigenvalue weighted by molar-refractivity contribution is 5.58. The topological polar surface area (TPSA) is 63.9 Å². The number of aromatic amines is 1. The fraction of sp³-hybridized carbons (Fsp3) is 0.357. The van der Waals surface area contributed by atoms with E-state index in [0.717, 1.165) is 34.9 Å². The number of ether oxygens (including phenoxy) is 1. The number of imidazole rings is 1. The monoisotopic (exact) mass is 245 g/mol. The molecule has 0 saturated carbocycles. The summed E-state index contributed by atoms with van der Waals surface area (Å²) in [6.07, 6.45) is 0.799. The summed E-state index contributed by atoms with van der Waals surface area (Å²) in [7, 11) is 0. The van der Waals surface area contributed by atoms with E-state index in [-0.39, 0.29) is 0 Å². The van der Waals surface area contributed by atoms with Gasteiger partial charge in [-0.3, -0.25) is 0 Å². The lowest BCUT2D eigenvalue weighted by Crippen LogP contribution is -2.03. The van der Waals surface area contributed by atoms with Gasteiger partial charge in [0.15, 0.2) is 0 Å². The molecule has 2 aromatic rings. The van der Waals surface area contributed by atoms with Crippen LogP contribution >= 0.6 is 0 Å². The highest BCUT2D eigenvalue weighted by Crippen LogP contribution is 2.22. The van der Waals surface area contributed by atoms with Crippen LogP contribution < -0.4 is 10.5 Å². The number of hydrogen-bond acceptors (Lipinski definition) is 3. The molecule has 0 unspecified atom stereocenters. The SMILES string of the molecule is CCOc1cccc(-c2nc(CCN)c(C)[nH]2)c1. The lowest BCUT2D eigenvalue weighted by atomic mass is 10.2. The minimum absolute atomic E-state index is 0.615. The summed E-state index contributed by atoms with van der Waals surface area (Å²) >= 11 is 0. The first-order valence-corrected chi connectivity index (χ1v) is 6.23. The van der Waals surface area contributed by atoms with E-state index in [1.54, 1.807) is 0 Å². The summed E-state index contributed by atoms with van der Waals surface area (Å²) in [6.45, 7) is 5.28. The first kappa shape index (κ1) is 12.6. The standard InChI is InChI=1S/C14H19N3O/c1-3-18-12-6-4-5-11(9-12)14-16-10(2)13(17-14)7-8-15/h4-6,9H,3,7-8,15H2,1-2H3,(H,16,17). The van der Waals surface area contributed by atoms with Crippen LogP contribution in [0, 0.1) is 6.92 Å². The van der Waals surface area contributed by atoms with Gasteiger partial charge in [0.2, 0.25) is 0 Å².